The van der Waals surface area contributed by atoms with E-state index in [2.05, 4.69) is 10.3 Å². The average Bonchev–Trinajstić information content (AvgIpc) is 2.66. The maximum Gasteiger partial charge on any atom is 0.416 e. The Labute approximate surface area is 161 Å². The van der Waals surface area contributed by atoms with Gasteiger partial charge in [-0.05, 0) is 12.5 Å². The number of nitrogens with zero attached hydrogens (tertiary/aromatic N) is 2. The molecule has 1 N–H and O–H groups in total. The summed E-state index contributed by atoms with van der Waals surface area (Å²) in [6, 6.07) is 3.97. The minimum absolute atomic E-state index is 0.0168. The second-order valence-corrected chi connectivity index (χ2v) is 5.61. The van der Waals surface area contributed by atoms with Gasteiger partial charge in [0.05, 0.1) is 29.8 Å². The maximum absolute atomic E-state index is 13.7. The molecule has 29 heavy (non-hydrogen) atoms. The van der Waals surface area contributed by atoms with Gasteiger partial charge in [0.15, 0.2) is 0 Å². The van der Waals surface area contributed by atoms with E-state index in [9.17, 15) is 32.5 Å². The summed E-state index contributed by atoms with van der Waals surface area (Å²) in [6.45, 7) is -0.119. The fourth-order valence-electron chi connectivity index (χ4n) is 2.17. The van der Waals surface area contributed by atoms with Crippen molar-refractivity contribution >= 4 is 11.6 Å². The van der Waals surface area contributed by atoms with Crippen molar-refractivity contribution < 1.29 is 36.8 Å². The van der Waals surface area contributed by atoms with Gasteiger partial charge < -0.3 is 14.8 Å². The molecule has 0 aliphatic heterocycles. The number of hydrogen-bond acceptors (Lipinski definition) is 6. The number of ether oxygens (including phenoxy) is 2. The third-order valence-corrected chi connectivity index (χ3v) is 3.58. The van der Waals surface area contributed by atoms with E-state index in [0.29, 0.717) is 6.07 Å². The van der Waals surface area contributed by atoms with Crippen molar-refractivity contribution in [2.24, 2.45) is 0 Å². The predicted octanol–water partition coefficient (Wildman–Crippen LogP) is 3.36. The Kier molecular flexibility index (Phi) is 6.91. The van der Waals surface area contributed by atoms with E-state index in [0.717, 1.165) is 31.4 Å². The number of halogens is 4. The highest BCUT2D eigenvalue weighted by Gasteiger charge is 2.32. The van der Waals surface area contributed by atoms with Crippen LogP contribution in [0.5, 0.6) is 11.8 Å². The third-order valence-electron chi connectivity index (χ3n) is 3.58. The topological polar surface area (TPSA) is 104 Å². The van der Waals surface area contributed by atoms with Crippen LogP contribution in [0.2, 0.25) is 0 Å². The lowest BCUT2D eigenvalue weighted by Crippen LogP contribution is -2.26. The fraction of sp³-hybridized carbons (Fsp3) is 0.294. The van der Waals surface area contributed by atoms with Gasteiger partial charge >= 0.3 is 6.18 Å². The van der Waals surface area contributed by atoms with Crippen LogP contribution >= 0.6 is 0 Å². The molecule has 0 aliphatic carbocycles. The van der Waals surface area contributed by atoms with Crippen molar-refractivity contribution in [3.05, 3.63) is 57.4 Å². The first-order valence-electron chi connectivity index (χ1n) is 8.10. The summed E-state index contributed by atoms with van der Waals surface area (Å²) in [5.74, 6) is -2.38. The zero-order chi connectivity index (χ0) is 21.6. The molecule has 0 bridgehead atoms. The van der Waals surface area contributed by atoms with Gasteiger partial charge in [-0.25, -0.2) is 4.39 Å². The second-order valence-electron chi connectivity index (χ2n) is 5.61. The van der Waals surface area contributed by atoms with E-state index in [4.69, 9.17) is 9.47 Å². The van der Waals surface area contributed by atoms with E-state index < -0.39 is 39.6 Å². The number of benzene rings is 1. The van der Waals surface area contributed by atoms with Crippen molar-refractivity contribution in [3.63, 3.8) is 0 Å². The Morgan fingerprint density at radius 1 is 1.24 bits per heavy atom. The van der Waals surface area contributed by atoms with Crippen LogP contribution in [-0.2, 0) is 6.18 Å². The van der Waals surface area contributed by atoms with E-state index in [-0.39, 0.29) is 31.3 Å². The number of carbonyl (C=O) groups excluding carboxylic acids is 1. The molecule has 2 rings (SSSR count). The molecule has 156 valence electrons. The van der Waals surface area contributed by atoms with Gasteiger partial charge in [0.1, 0.15) is 5.82 Å². The molecule has 0 saturated carbocycles. The molecule has 0 aliphatic rings. The van der Waals surface area contributed by atoms with Gasteiger partial charge in [0.2, 0.25) is 11.8 Å². The number of nitrogens with one attached hydrogen (secondary N) is 1. The molecule has 0 radical (unpaired) electrons. The molecule has 0 saturated heterocycles. The maximum atomic E-state index is 13.7. The lowest BCUT2D eigenvalue weighted by molar-refractivity contribution is -0.384. The summed E-state index contributed by atoms with van der Waals surface area (Å²) in [5, 5.41) is 13.0. The van der Waals surface area contributed by atoms with E-state index in [1.54, 1.807) is 0 Å². The molecule has 1 heterocycles. The van der Waals surface area contributed by atoms with Crippen LogP contribution in [0.4, 0.5) is 23.2 Å². The second kappa shape index (κ2) is 9.17. The highest BCUT2D eigenvalue weighted by atomic mass is 19.4. The zero-order valence-corrected chi connectivity index (χ0v) is 15.0. The predicted molar refractivity (Wildman–Crippen MR) is 91.3 cm³/mol. The van der Waals surface area contributed by atoms with Crippen molar-refractivity contribution in [3.8, 4) is 11.8 Å². The molecule has 0 atom stereocenters. The Morgan fingerprint density at radius 3 is 2.55 bits per heavy atom. The quantitative estimate of drug-likeness (QED) is 0.306. The lowest BCUT2D eigenvalue weighted by Gasteiger charge is -2.12. The molecular formula is C17H15F4N3O5. The molecular weight excluding hydrogens is 402 g/mol. The van der Waals surface area contributed by atoms with Crippen molar-refractivity contribution in [1.82, 2.24) is 10.3 Å². The Balaban J connectivity index is 1.90. The highest BCUT2D eigenvalue weighted by molar-refractivity contribution is 5.95. The monoisotopic (exact) mass is 417 g/mol. The van der Waals surface area contributed by atoms with E-state index in [1.807, 2.05) is 0 Å². The number of amides is 1. The number of pyridine rings is 1. The lowest BCUT2D eigenvalue weighted by atomic mass is 10.1. The standard InChI is InChI=1S/C17H15F4N3O5/c1-28-14-7-10(17(19,20)21)8-15(23-14)29-6-2-5-22-16(25)12-9-11(24(26)27)3-4-13(12)18/h3-4,7-9H,2,5-6H2,1H3,(H,22,25). The summed E-state index contributed by atoms with van der Waals surface area (Å²) < 4.78 is 62.0. The normalized spacial score (nSPS) is 11.1. The summed E-state index contributed by atoms with van der Waals surface area (Å²) in [4.78, 5) is 25.6. The van der Waals surface area contributed by atoms with Gasteiger partial charge in [-0.2, -0.15) is 18.2 Å². The van der Waals surface area contributed by atoms with Crippen LogP contribution in [0.15, 0.2) is 30.3 Å². The smallest absolute Gasteiger partial charge is 0.416 e. The van der Waals surface area contributed by atoms with E-state index in [1.165, 1.54) is 0 Å². The molecule has 1 amide bonds. The Hall–Kier alpha value is -3.44. The minimum atomic E-state index is -4.61. The van der Waals surface area contributed by atoms with Crippen molar-refractivity contribution in [1.29, 1.82) is 0 Å². The molecule has 1 aromatic heterocycles. The number of alkyl halides is 3. The van der Waals surface area contributed by atoms with Crippen LogP contribution in [-0.4, -0.2) is 36.1 Å². The van der Waals surface area contributed by atoms with Crippen LogP contribution in [0.1, 0.15) is 22.3 Å². The molecule has 0 unspecified atom stereocenters. The first-order valence-corrected chi connectivity index (χ1v) is 8.10. The summed E-state index contributed by atoms with van der Waals surface area (Å²) in [7, 11) is 1.16. The summed E-state index contributed by atoms with van der Waals surface area (Å²) >= 11 is 0. The van der Waals surface area contributed by atoms with Crippen LogP contribution in [0, 0.1) is 15.9 Å². The Bertz CT molecular complexity index is 905. The zero-order valence-electron chi connectivity index (χ0n) is 15.0. The first-order chi connectivity index (χ1) is 13.6. The van der Waals surface area contributed by atoms with Gasteiger partial charge in [-0.15, -0.1) is 0 Å². The number of rotatable bonds is 8. The van der Waals surface area contributed by atoms with Crippen LogP contribution < -0.4 is 14.8 Å². The number of methoxy groups -OCH3 is 1. The molecule has 1 aromatic carbocycles. The minimum Gasteiger partial charge on any atom is -0.481 e. The molecule has 0 spiro atoms. The summed E-state index contributed by atoms with van der Waals surface area (Å²) in [6.07, 6.45) is -4.45. The van der Waals surface area contributed by atoms with Crippen LogP contribution in [0.25, 0.3) is 0 Å². The first kappa shape index (κ1) is 21.9. The van der Waals surface area contributed by atoms with Gasteiger partial charge in [-0.3, -0.25) is 14.9 Å². The van der Waals surface area contributed by atoms with Gasteiger partial charge in [0, 0.05) is 30.8 Å². The van der Waals surface area contributed by atoms with Crippen molar-refractivity contribution in [2.45, 2.75) is 12.6 Å². The highest BCUT2D eigenvalue weighted by Crippen LogP contribution is 2.33. The summed E-state index contributed by atoms with van der Waals surface area (Å²) in [5.41, 5.74) is -1.93. The molecule has 12 heteroatoms. The van der Waals surface area contributed by atoms with Crippen LogP contribution in [0.3, 0.4) is 0 Å². The molecule has 2 aromatic rings. The van der Waals surface area contributed by atoms with Gasteiger partial charge in [-0.1, -0.05) is 0 Å². The largest absolute Gasteiger partial charge is 0.481 e. The van der Waals surface area contributed by atoms with E-state index >= 15 is 0 Å². The SMILES string of the molecule is COc1cc(C(F)(F)F)cc(OCCCNC(=O)c2cc([N+](=O)[O-])ccc2F)n1. The number of hydrogen-bond donors (Lipinski definition) is 1. The average molecular weight is 417 g/mol. The molecule has 0 fully saturated rings. The number of nitro groups is 1. The number of nitro benzene ring substituents is 1. The van der Waals surface area contributed by atoms with Gasteiger partial charge in [0.25, 0.3) is 11.6 Å². The number of non-ortho nitro benzene ring substituents is 1. The molecule has 8 nitrogen and oxygen atoms in total. The third kappa shape index (κ3) is 6.02. The fourth-order valence-corrected chi connectivity index (χ4v) is 2.17. The number of aromatic nitrogens is 1. The van der Waals surface area contributed by atoms with Crippen molar-refractivity contribution in [2.75, 3.05) is 20.3 Å². The Morgan fingerprint density at radius 2 is 1.93 bits per heavy atom. The number of carbonyl (C=O) groups is 1.